The fraction of sp³-hybridized carbons (Fsp3) is 0.0526. The lowest BCUT2D eigenvalue weighted by Crippen LogP contribution is -2.20. The average molecular weight is 349 g/mol. The molecular formula is C19H13ClN4O. The fourth-order valence-electron chi connectivity index (χ4n) is 3.06. The number of allylic oxidation sites excluding steroid dienone is 1. The topological polar surface area (TPSA) is 87.7 Å². The molecule has 3 aromatic rings. The van der Waals surface area contributed by atoms with Crippen molar-refractivity contribution in [2.24, 2.45) is 5.73 Å². The highest BCUT2D eigenvalue weighted by molar-refractivity contribution is 6.30. The van der Waals surface area contributed by atoms with Crippen molar-refractivity contribution in [3.8, 4) is 23.2 Å². The summed E-state index contributed by atoms with van der Waals surface area (Å²) in [6.45, 7) is 0. The van der Waals surface area contributed by atoms with Gasteiger partial charge in [-0.05, 0) is 23.3 Å². The van der Waals surface area contributed by atoms with Gasteiger partial charge in [0.15, 0.2) is 0 Å². The lowest BCUT2D eigenvalue weighted by molar-refractivity contribution is 0.379. The highest BCUT2D eigenvalue weighted by Crippen LogP contribution is 2.45. The van der Waals surface area contributed by atoms with Crippen LogP contribution in [0.25, 0.3) is 11.3 Å². The number of hydrogen-bond donors (Lipinski definition) is 2. The van der Waals surface area contributed by atoms with E-state index in [1.807, 2.05) is 42.5 Å². The molecule has 3 N–H and O–H groups in total. The summed E-state index contributed by atoms with van der Waals surface area (Å²) < 4.78 is 5.58. The van der Waals surface area contributed by atoms with Crippen LogP contribution in [0.3, 0.4) is 0 Å². The van der Waals surface area contributed by atoms with Gasteiger partial charge in [0, 0.05) is 5.02 Å². The van der Waals surface area contributed by atoms with E-state index in [9.17, 15) is 5.26 Å². The van der Waals surface area contributed by atoms with Crippen LogP contribution < -0.4 is 10.5 Å². The molecular weight excluding hydrogens is 336 g/mol. The van der Waals surface area contributed by atoms with Gasteiger partial charge in [0.25, 0.3) is 0 Å². The van der Waals surface area contributed by atoms with Gasteiger partial charge in [0.2, 0.25) is 11.8 Å². The second-order valence-electron chi connectivity index (χ2n) is 5.66. The molecule has 0 saturated carbocycles. The first kappa shape index (κ1) is 15.3. The van der Waals surface area contributed by atoms with Gasteiger partial charge in [-0.2, -0.15) is 5.26 Å². The minimum atomic E-state index is -0.375. The summed E-state index contributed by atoms with van der Waals surface area (Å²) in [6, 6.07) is 19.3. The van der Waals surface area contributed by atoms with E-state index in [0.29, 0.717) is 16.5 Å². The molecule has 0 spiro atoms. The molecule has 0 bridgehead atoms. The molecule has 1 aromatic heterocycles. The number of benzene rings is 2. The van der Waals surface area contributed by atoms with Crippen LogP contribution in [0.2, 0.25) is 5.02 Å². The van der Waals surface area contributed by atoms with Crippen LogP contribution >= 0.6 is 11.6 Å². The second kappa shape index (κ2) is 6.00. The Labute approximate surface area is 149 Å². The van der Waals surface area contributed by atoms with E-state index in [1.54, 1.807) is 12.1 Å². The van der Waals surface area contributed by atoms with Crippen LogP contribution in [0.15, 0.2) is 66.1 Å². The molecule has 5 nitrogen and oxygen atoms in total. The van der Waals surface area contributed by atoms with Crippen molar-refractivity contribution in [3.05, 3.63) is 82.2 Å². The third-order valence-electron chi connectivity index (χ3n) is 4.20. The Balaban J connectivity index is 1.95. The van der Waals surface area contributed by atoms with Crippen LogP contribution in [0, 0.1) is 11.3 Å². The zero-order valence-corrected chi connectivity index (χ0v) is 13.8. The van der Waals surface area contributed by atoms with Crippen molar-refractivity contribution in [1.29, 1.82) is 5.26 Å². The molecule has 0 unspecified atom stereocenters. The Morgan fingerprint density at radius 2 is 1.84 bits per heavy atom. The molecule has 0 amide bonds. The zero-order valence-electron chi connectivity index (χ0n) is 13.0. The number of nitrogens with two attached hydrogens (primary N) is 1. The lowest BCUT2D eigenvalue weighted by atomic mass is 9.83. The van der Waals surface area contributed by atoms with Gasteiger partial charge in [-0.15, -0.1) is 5.10 Å². The number of nitrogens with zero attached hydrogens (tertiary/aromatic N) is 2. The number of aromatic amines is 1. The lowest BCUT2D eigenvalue weighted by Gasteiger charge is -2.24. The predicted molar refractivity (Wildman–Crippen MR) is 94.8 cm³/mol. The number of aromatic nitrogens is 2. The van der Waals surface area contributed by atoms with Crippen molar-refractivity contribution in [2.45, 2.75) is 5.92 Å². The molecule has 0 radical (unpaired) electrons. The molecule has 0 saturated heterocycles. The first-order chi connectivity index (χ1) is 12.2. The van der Waals surface area contributed by atoms with E-state index < -0.39 is 0 Å². The first-order valence-corrected chi connectivity index (χ1v) is 8.03. The Kier molecular flexibility index (Phi) is 3.68. The third kappa shape index (κ3) is 2.53. The molecule has 0 fully saturated rings. The Hall–Kier alpha value is -3.23. The number of nitrogens with one attached hydrogen (secondary N) is 1. The van der Waals surface area contributed by atoms with Crippen LogP contribution in [0.1, 0.15) is 17.0 Å². The quantitative estimate of drug-likeness (QED) is 0.734. The van der Waals surface area contributed by atoms with Crippen molar-refractivity contribution < 1.29 is 4.74 Å². The van der Waals surface area contributed by atoms with Gasteiger partial charge in [-0.1, -0.05) is 54.1 Å². The number of ether oxygens (including phenoxy) is 1. The van der Waals surface area contributed by atoms with E-state index in [4.69, 9.17) is 22.1 Å². The molecule has 25 heavy (non-hydrogen) atoms. The number of nitriles is 1. The number of halogens is 1. The highest BCUT2D eigenvalue weighted by Gasteiger charge is 2.35. The monoisotopic (exact) mass is 348 g/mol. The first-order valence-electron chi connectivity index (χ1n) is 7.65. The molecule has 6 heteroatoms. The third-order valence-corrected chi connectivity index (χ3v) is 4.46. The number of H-pyrrole nitrogens is 1. The van der Waals surface area contributed by atoms with Crippen LogP contribution in [-0.4, -0.2) is 10.2 Å². The minimum Gasteiger partial charge on any atom is -0.420 e. The largest absolute Gasteiger partial charge is 0.420 e. The molecule has 2 heterocycles. The van der Waals surface area contributed by atoms with Crippen molar-refractivity contribution >= 4 is 11.6 Å². The summed E-state index contributed by atoms with van der Waals surface area (Å²) in [5, 5.41) is 17.5. The highest BCUT2D eigenvalue weighted by atomic mass is 35.5. The number of fused-ring (bicyclic) bond motifs is 1. The van der Waals surface area contributed by atoms with E-state index in [2.05, 4.69) is 16.3 Å². The number of hydrogen-bond acceptors (Lipinski definition) is 4. The summed E-state index contributed by atoms with van der Waals surface area (Å²) in [4.78, 5) is 0. The standard InChI is InChI=1S/C19H13ClN4O/c20-13-8-6-11(7-9-13)15-14(10-21)18(22)25-19-16(15)17(23-24-19)12-4-2-1-3-5-12/h1-9,15H,22H2,(H,23,24)/t15-/m1/s1. The van der Waals surface area contributed by atoms with E-state index in [1.165, 1.54) is 0 Å². The second-order valence-corrected chi connectivity index (χ2v) is 6.10. The van der Waals surface area contributed by atoms with E-state index in [-0.39, 0.29) is 11.8 Å². The Morgan fingerprint density at radius 3 is 2.52 bits per heavy atom. The van der Waals surface area contributed by atoms with Gasteiger partial charge in [0.1, 0.15) is 11.6 Å². The van der Waals surface area contributed by atoms with Gasteiger partial charge >= 0.3 is 0 Å². The van der Waals surface area contributed by atoms with E-state index in [0.717, 1.165) is 22.4 Å². The molecule has 2 aromatic carbocycles. The average Bonchev–Trinajstić information content (AvgIpc) is 3.05. The Bertz CT molecular complexity index is 1000. The van der Waals surface area contributed by atoms with Gasteiger partial charge in [-0.25, -0.2) is 0 Å². The number of rotatable bonds is 2. The molecule has 1 aliphatic heterocycles. The summed E-state index contributed by atoms with van der Waals surface area (Å²) in [5.41, 5.74) is 9.76. The maximum Gasteiger partial charge on any atom is 0.244 e. The minimum absolute atomic E-state index is 0.0704. The molecule has 1 aliphatic rings. The summed E-state index contributed by atoms with van der Waals surface area (Å²) in [6.07, 6.45) is 0. The van der Waals surface area contributed by atoms with E-state index >= 15 is 0 Å². The fourth-order valence-corrected chi connectivity index (χ4v) is 3.18. The summed E-state index contributed by atoms with van der Waals surface area (Å²) in [5.74, 6) is 0.0799. The molecule has 122 valence electrons. The molecule has 4 rings (SSSR count). The van der Waals surface area contributed by atoms with Crippen molar-refractivity contribution in [3.63, 3.8) is 0 Å². The van der Waals surface area contributed by atoms with Crippen molar-refractivity contribution in [1.82, 2.24) is 10.2 Å². The molecule has 0 aliphatic carbocycles. The van der Waals surface area contributed by atoms with Gasteiger partial charge in [-0.3, -0.25) is 5.10 Å². The van der Waals surface area contributed by atoms with Crippen LogP contribution in [0.4, 0.5) is 0 Å². The normalized spacial score (nSPS) is 16.1. The van der Waals surface area contributed by atoms with Crippen molar-refractivity contribution in [2.75, 3.05) is 0 Å². The van der Waals surface area contributed by atoms with Crippen LogP contribution in [0.5, 0.6) is 5.88 Å². The maximum atomic E-state index is 9.65. The Morgan fingerprint density at radius 1 is 1.12 bits per heavy atom. The molecule has 1 atom stereocenters. The van der Waals surface area contributed by atoms with Gasteiger partial charge < -0.3 is 10.5 Å². The summed E-state index contributed by atoms with van der Waals surface area (Å²) in [7, 11) is 0. The van der Waals surface area contributed by atoms with Crippen LogP contribution in [-0.2, 0) is 0 Å². The zero-order chi connectivity index (χ0) is 17.4. The maximum absolute atomic E-state index is 9.65. The smallest absolute Gasteiger partial charge is 0.244 e. The predicted octanol–water partition coefficient (Wildman–Crippen LogP) is 3.95. The SMILES string of the molecule is N#CC1=C(N)Oc2n[nH]c(-c3ccccc3)c2[C@@H]1c1ccc(Cl)cc1. The summed E-state index contributed by atoms with van der Waals surface area (Å²) >= 11 is 6.01. The van der Waals surface area contributed by atoms with Gasteiger partial charge in [0.05, 0.1) is 17.2 Å².